The number of rotatable bonds is 6. The van der Waals surface area contributed by atoms with Crippen LogP contribution in [0.4, 0.5) is 0 Å². The average molecular weight is 212 g/mol. The van der Waals surface area contributed by atoms with E-state index in [9.17, 15) is 0 Å². The zero-order chi connectivity index (χ0) is 11.3. The van der Waals surface area contributed by atoms with E-state index in [4.69, 9.17) is 0 Å². The molecule has 2 heteroatoms. The Morgan fingerprint density at radius 3 is 2.60 bits per heavy atom. The van der Waals surface area contributed by atoms with Gasteiger partial charge in [0.05, 0.1) is 0 Å². The minimum Gasteiger partial charge on any atom is -0.314 e. The van der Waals surface area contributed by atoms with Crippen molar-refractivity contribution < 1.29 is 0 Å². The second-order valence-electron chi connectivity index (χ2n) is 5.40. The second-order valence-corrected chi connectivity index (χ2v) is 5.40. The van der Waals surface area contributed by atoms with Gasteiger partial charge in [-0.2, -0.15) is 0 Å². The molecule has 0 aromatic rings. The molecule has 0 aliphatic carbocycles. The lowest BCUT2D eigenvalue weighted by atomic mass is 10.0. The van der Waals surface area contributed by atoms with Crippen LogP contribution in [0.1, 0.15) is 46.5 Å². The predicted molar refractivity (Wildman–Crippen MR) is 67.2 cm³/mol. The Kier molecular flexibility index (Phi) is 5.62. The minimum absolute atomic E-state index is 0.710. The summed E-state index contributed by atoms with van der Waals surface area (Å²) in [7, 11) is 2.26. The summed E-state index contributed by atoms with van der Waals surface area (Å²) in [6.45, 7) is 9.43. The van der Waals surface area contributed by atoms with Crippen LogP contribution in [-0.4, -0.2) is 37.1 Å². The standard InChI is InChI=1S/C13H28N2/c1-11(2)12(3)15(4)10-6-8-13-7-5-9-14-13/h11-14H,5-10H2,1-4H3. The highest BCUT2D eigenvalue weighted by molar-refractivity contribution is 4.75. The van der Waals surface area contributed by atoms with Crippen molar-refractivity contribution in [2.45, 2.75) is 58.5 Å². The lowest BCUT2D eigenvalue weighted by Crippen LogP contribution is -2.34. The van der Waals surface area contributed by atoms with Gasteiger partial charge in [0.15, 0.2) is 0 Å². The van der Waals surface area contributed by atoms with Crippen molar-refractivity contribution in [1.82, 2.24) is 10.2 Å². The number of nitrogens with zero attached hydrogens (tertiary/aromatic N) is 1. The third-order valence-electron chi connectivity index (χ3n) is 3.89. The molecule has 1 N–H and O–H groups in total. The summed E-state index contributed by atoms with van der Waals surface area (Å²) in [5, 5.41) is 3.56. The minimum atomic E-state index is 0.710. The summed E-state index contributed by atoms with van der Waals surface area (Å²) in [6, 6.07) is 1.52. The third kappa shape index (κ3) is 4.52. The molecule has 2 nitrogen and oxygen atoms in total. The summed E-state index contributed by atoms with van der Waals surface area (Å²) in [5.41, 5.74) is 0. The predicted octanol–water partition coefficient (Wildman–Crippen LogP) is 2.49. The van der Waals surface area contributed by atoms with E-state index in [2.05, 4.69) is 38.0 Å². The Labute approximate surface area is 95.4 Å². The van der Waals surface area contributed by atoms with Crippen molar-refractivity contribution in [2.75, 3.05) is 20.1 Å². The van der Waals surface area contributed by atoms with Gasteiger partial charge in [0.2, 0.25) is 0 Å². The highest BCUT2D eigenvalue weighted by Crippen LogP contribution is 2.13. The first-order chi connectivity index (χ1) is 7.11. The summed E-state index contributed by atoms with van der Waals surface area (Å²) < 4.78 is 0. The average Bonchev–Trinajstić information content (AvgIpc) is 2.69. The van der Waals surface area contributed by atoms with Crippen molar-refractivity contribution in [1.29, 1.82) is 0 Å². The van der Waals surface area contributed by atoms with Crippen molar-refractivity contribution in [3.63, 3.8) is 0 Å². The topological polar surface area (TPSA) is 15.3 Å². The van der Waals surface area contributed by atoms with Gasteiger partial charge in [0.25, 0.3) is 0 Å². The fraction of sp³-hybridized carbons (Fsp3) is 1.00. The van der Waals surface area contributed by atoms with Crippen LogP contribution in [0, 0.1) is 5.92 Å². The van der Waals surface area contributed by atoms with E-state index in [1.807, 2.05) is 0 Å². The molecule has 0 radical (unpaired) electrons. The van der Waals surface area contributed by atoms with E-state index in [0.717, 1.165) is 12.0 Å². The maximum absolute atomic E-state index is 3.56. The molecule has 1 aliphatic rings. The Morgan fingerprint density at radius 1 is 1.33 bits per heavy atom. The highest BCUT2D eigenvalue weighted by Gasteiger charge is 2.15. The molecule has 2 unspecified atom stereocenters. The molecule has 1 aliphatic heterocycles. The van der Waals surface area contributed by atoms with Crippen LogP contribution >= 0.6 is 0 Å². The zero-order valence-electron chi connectivity index (χ0n) is 10.9. The van der Waals surface area contributed by atoms with E-state index in [1.165, 1.54) is 38.8 Å². The summed E-state index contributed by atoms with van der Waals surface area (Å²) >= 11 is 0. The third-order valence-corrected chi connectivity index (χ3v) is 3.89. The van der Waals surface area contributed by atoms with Gasteiger partial charge in [0, 0.05) is 12.1 Å². The smallest absolute Gasteiger partial charge is 0.00868 e. The van der Waals surface area contributed by atoms with Gasteiger partial charge in [-0.25, -0.2) is 0 Å². The normalized spacial score (nSPS) is 24.0. The fourth-order valence-corrected chi connectivity index (χ4v) is 2.30. The Morgan fingerprint density at radius 2 is 2.07 bits per heavy atom. The molecule has 2 atom stereocenters. The Hall–Kier alpha value is -0.0800. The molecule has 1 heterocycles. The van der Waals surface area contributed by atoms with Crippen molar-refractivity contribution in [3.05, 3.63) is 0 Å². The summed E-state index contributed by atoms with van der Waals surface area (Å²) in [5.74, 6) is 0.764. The summed E-state index contributed by atoms with van der Waals surface area (Å²) in [4.78, 5) is 2.50. The molecule has 0 amide bonds. The molecular weight excluding hydrogens is 184 g/mol. The van der Waals surface area contributed by atoms with E-state index in [1.54, 1.807) is 0 Å². The van der Waals surface area contributed by atoms with Gasteiger partial charge in [-0.15, -0.1) is 0 Å². The van der Waals surface area contributed by atoms with Gasteiger partial charge in [0.1, 0.15) is 0 Å². The molecule has 90 valence electrons. The molecule has 0 aromatic carbocycles. The van der Waals surface area contributed by atoms with Crippen molar-refractivity contribution >= 4 is 0 Å². The number of hydrogen-bond acceptors (Lipinski definition) is 2. The van der Waals surface area contributed by atoms with E-state index in [0.29, 0.717) is 6.04 Å². The first-order valence-corrected chi connectivity index (χ1v) is 6.55. The molecule has 0 aromatic heterocycles. The lowest BCUT2D eigenvalue weighted by Gasteiger charge is -2.28. The van der Waals surface area contributed by atoms with Gasteiger partial charge >= 0.3 is 0 Å². The van der Waals surface area contributed by atoms with Gasteiger partial charge in [-0.1, -0.05) is 13.8 Å². The molecule has 0 spiro atoms. The maximum Gasteiger partial charge on any atom is 0.00868 e. The highest BCUT2D eigenvalue weighted by atomic mass is 15.1. The van der Waals surface area contributed by atoms with E-state index in [-0.39, 0.29) is 0 Å². The van der Waals surface area contributed by atoms with Crippen LogP contribution in [0.5, 0.6) is 0 Å². The van der Waals surface area contributed by atoms with Crippen LogP contribution in [0.2, 0.25) is 0 Å². The first-order valence-electron chi connectivity index (χ1n) is 6.55. The number of hydrogen-bond donors (Lipinski definition) is 1. The van der Waals surface area contributed by atoms with Crippen molar-refractivity contribution in [3.8, 4) is 0 Å². The van der Waals surface area contributed by atoms with Crippen LogP contribution in [0.15, 0.2) is 0 Å². The van der Waals surface area contributed by atoms with E-state index >= 15 is 0 Å². The van der Waals surface area contributed by atoms with Gasteiger partial charge < -0.3 is 10.2 Å². The van der Waals surface area contributed by atoms with Crippen LogP contribution in [-0.2, 0) is 0 Å². The number of nitrogens with one attached hydrogen (secondary N) is 1. The second kappa shape index (κ2) is 6.49. The monoisotopic (exact) mass is 212 g/mol. The quantitative estimate of drug-likeness (QED) is 0.728. The van der Waals surface area contributed by atoms with Crippen molar-refractivity contribution in [2.24, 2.45) is 5.92 Å². The van der Waals surface area contributed by atoms with Crippen LogP contribution in [0.3, 0.4) is 0 Å². The Balaban J connectivity index is 2.08. The molecule has 1 saturated heterocycles. The van der Waals surface area contributed by atoms with Gasteiger partial charge in [-0.05, 0) is 58.7 Å². The fourth-order valence-electron chi connectivity index (χ4n) is 2.30. The molecule has 0 bridgehead atoms. The van der Waals surface area contributed by atoms with Crippen LogP contribution in [0.25, 0.3) is 0 Å². The lowest BCUT2D eigenvalue weighted by molar-refractivity contribution is 0.202. The van der Waals surface area contributed by atoms with E-state index < -0.39 is 0 Å². The molecule has 1 rings (SSSR count). The Bertz CT molecular complexity index is 162. The first kappa shape index (κ1) is 13.0. The van der Waals surface area contributed by atoms with Gasteiger partial charge in [-0.3, -0.25) is 0 Å². The zero-order valence-corrected chi connectivity index (χ0v) is 10.9. The molecule has 15 heavy (non-hydrogen) atoms. The van der Waals surface area contributed by atoms with Crippen LogP contribution < -0.4 is 5.32 Å². The molecule has 1 fully saturated rings. The summed E-state index contributed by atoms with van der Waals surface area (Å²) in [6.07, 6.45) is 5.47. The maximum atomic E-state index is 3.56. The SMILES string of the molecule is CC(C)C(C)N(C)CCCC1CCCN1. The largest absolute Gasteiger partial charge is 0.314 e. The molecular formula is C13H28N2. The molecule has 0 saturated carbocycles.